The van der Waals surface area contributed by atoms with Crippen molar-refractivity contribution >= 4 is 5.91 Å². The minimum absolute atomic E-state index is 0.00123. The summed E-state index contributed by atoms with van der Waals surface area (Å²) in [5, 5.41) is 4.51. The molecule has 1 amide bonds. The van der Waals surface area contributed by atoms with Crippen molar-refractivity contribution in [1.82, 2.24) is 14.7 Å². The van der Waals surface area contributed by atoms with Crippen molar-refractivity contribution < 1.29 is 14.3 Å². The Morgan fingerprint density at radius 1 is 1.07 bits per heavy atom. The van der Waals surface area contributed by atoms with Gasteiger partial charge in [-0.25, -0.2) is 0 Å². The first-order chi connectivity index (χ1) is 14.2. The molecule has 0 aliphatic carbocycles. The van der Waals surface area contributed by atoms with Crippen LogP contribution >= 0.6 is 0 Å². The normalized spacial score (nSPS) is 12.2. The Morgan fingerprint density at radius 2 is 1.86 bits per heavy atom. The van der Waals surface area contributed by atoms with Gasteiger partial charge in [0.25, 0.3) is 5.91 Å². The van der Waals surface area contributed by atoms with Crippen LogP contribution in [0.1, 0.15) is 41.0 Å². The lowest BCUT2D eigenvalue weighted by Gasteiger charge is -2.21. The van der Waals surface area contributed by atoms with Gasteiger partial charge in [-0.3, -0.25) is 9.48 Å². The third-order valence-corrected chi connectivity index (χ3v) is 5.17. The first-order valence-electron chi connectivity index (χ1n) is 9.96. The first-order valence-corrected chi connectivity index (χ1v) is 9.96. The number of hydrogen-bond donors (Lipinski definition) is 0. The number of amides is 1. The molecule has 0 fully saturated rings. The predicted octanol–water partition coefficient (Wildman–Crippen LogP) is 3.88. The fourth-order valence-electron chi connectivity index (χ4n) is 3.61. The number of benzene rings is 2. The second-order valence-electron chi connectivity index (χ2n) is 7.01. The van der Waals surface area contributed by atoms with Crippen LogP contribution in [0.25, 0.3) is 0 Å². The van der Waals surface area contributed by atoms with E-state index in [0.717, 1.165) is 34.7 Å². The third-order valence-electron chi connectivity index (χ3n) is 5.17. The lowest BCUT2D eigenvalue weighted by atomic mass is 10.1. The second kappa shape index (κ2) is 8.39. The summed E-state index contributed by atoms with van der Waals surface area (Å²) in [6, 6.07) is 16.0. The summed E-state index contributed by atoms with van der Waals surface area (Å²) in [7, 11) is 0. The van der Waals surface area contributed by atoms with Crippen LogP contribution < -0.4 is 9.47 Å². The number of rotatable bonds is 7. The molecule has 0 radical (unpaired) electrons. The summed E-state index contributed by atoms with van der Waals surface area (Å²) < 4.78 is 12.8. The number of hydrogen-bond acceptors (Lipinski definition) is 4. The van der Waals surface area contributed by atoms with Crippen molar-refractivity contribution in [2.75, 3.05) is 13.3 Å². The molecule has 2 heterocycles. The summed E-state index contributed by atoms with van der Waals surface area (Å²) in [5.74, 6) is 1.48. The maximum absolute atomic E-state index is 13.3. The molecule has 0 unspecified atom stereocenters. The molecule has 150 valence electrons. The molecular formula is C23H25N3O3. The standard InChI is InChI=1S/C23H25N3O3/c1-3-20-19(13-24-26(20)15-17-8-6-5-7-9-17)23(27)25(4-2)14-18-10-11-21-22(12-18)29-16-28-21/h5-13H,3-4,14-16H2,1-2H3. The molecule has 0 atom stereocenters. The minimum Gasteiger partial charge on any atom is -0.454 e. The van der Waals surface area contributed by atoms with Crippen LogP contribution in [-0.2, 0) is 19.5 Å². The lowest BCUT2D eigenvalue weighted by Crippen LogP contribution is -2.31. The van der Waals surface area contributed by atoms with Crippen LogP contribution in [0.3, 0.4) is 0 Å². The van der Waals surface area contributed by atoms with E-state index in [2.05, 4.69) is 24.2 Å². The largest absolute Gasteiger partial charge is 0.454 e. The zero-order valence-corrected chi connectivity index (χ0v) is 16.8. The molecule has 4 rings (SSSR count). The number of nitrogens with zero attached hydrogens (tertiary/aromatic N) is 3. The Bertz CT molecular complexity index is 998. The van der Waals surface area contributed by atoms with Gasteiger partial charge in [0.05, 0.1) is 24.0 Å². The smallest absolute Gasteiger partial charge is 0.257 e. The molecule has 1 aromatic heterocycles. The summed E-state index contributed by atoms with van der Waals surface area (Å²) in [4.78, 5) is 15.1. The van der Waals surface area contributed by atoms with Gasteiger partial charge in [-0.15, -0.1) is 0 Å². The average Bonchev–Trinajstić information content (AvgIpc) is 3.38. The molecular weight excluding hydrogens is 366 g/mol. The molecule has 1 aliphatic heterocycles. The number of fused-ring (bicyclic) bond motifs is 1. The predicted molar refractivity (Wildman–Crippen MR) is 110 cm³/mol. The molecule has 0 spiro atoms. The number of carbonyl (C=O) groups excluding carboxylic acids is 1. The number of aromatic nitrogens is 2. The highest BCUT2D eigenvalue weighted by Crippen LogP contribution is 2.33. The van der Waals surface area contributed by atoms with Crippen LogP contribution in [0.4, 0.5) is 0 Å². The highest BCUT2D eigenvalue weighted by Gasteiger charge is 2.22. The summed E-state index contributed by atoms with van der Waals surface area (Å²) in [6.07, 6.45) is 2.45. The van der Waals surface area contributed by atoms with Gasteiger partial charge in [-0.05, 0) is 36.6 Å². The van der Waals surface area contributed by atoms with E-state index in [0.29, 0.717) is 25.2 Å². The molecule has 3 aromatic rings. The van der Waals surface area contributed by atoms with Gasteiger partial charge in [0.2, 0.25) is 6.79 Å². The van der Waals surface area contributed by atoms with Gasteiger partial charge in [0.15, 0.2) is 11.5 Å². The van der Waals surface area contributed by atoms with Crippen molar-refractivity contribution in [3.05, 3.63) is 77.1 Å². The molecule has 29 heavy (non-hydrogen) atoms. The Balaban J connectivity index is 1.54. The summed E-state index contributed by atoms with van der Waals surface area (Å²) in [5.41, 5.74) is 3.81. The highest BCUT2D eigenvalue weighted by atomic mass is 16.7. The molecule has 0 bridgehead atoms. The zero-order chi connectivity index (χ0) is 20.2. The average molecular weight is 391 g/mol. The summed E-state index contributed by atoms with van der Waals surface area (Å²) >= 11 is 0. The van der Waals surface area contributed by atoms with Crippen LogP contribution in [0.15, 0.2) is 54.7 Å². The number of ether oxygens (including phenoxy) is 2. The second-order valence-corrected chi connectivity index (χ2v) is 7.01. The van der Waals surface area contributed by atoms with Crippen molar-refractivity contribution in [3.63, 3.8) is 0 Å². The Hall–Kier alpha value is -3.28. The van der Waals surface area contributed by atoms with Crippen molar-refractivity contribution in [1.29, 1.82) is 0 Å². The lowest BCUT2D eigenvalue weighted by molar-refractivity contribution is 0.0751. The van der Waals surface area contributed by atoms with Gasteiger partial charge >= 0.3 is 0 Å². The van der Waals surface area contributed by atoms with E-state index in [4.69, 9.17) is 9.47 Å². The Kier molecular flexibility index (Phi) is 5.51. The van der Waals surface area contributed by atoms with Gasteiger partial charge in [0.1, 0.15) is 0 Å². The van der Waals surface area contributed by atoms with Crippen molar-refractivity contribution in [2.24, 2.45) is 0 Å². The Morgan fingerprint density at radius 3 is 2.62 bits per heavy atom. The quantitative estimate of drug-likeness (QED) is 0.613. The fraction of sp³-hybridized carbons (Fsp3) is 0.304. The van der Waals surface area contributed by atoms with E-state index in [9.17, 15) is 4.79 Å². The van der Waals surface area contributed by atoms with E-state index in [1.165, 1.54) is 0 Å². The molecule has 1 aliphatic rings. The summed E-state index contributed by atoms with van der Waals surface area (Å²) in [6.45, 7) is 6.08. The van der Waals surface area contributed by atoms with Gasteiger partial charge < -0.3 is 14.4 Å². The highest BCUT2D eigenvalue weighted by molar-refractivity contribution is 5.95. The minimum atomic E-state index is 0.00123. The van der Waals surface area contributed by atoms with E-state index in [1.54, 1.807) is 6.20 Å². The molecule has 6 nitrogen and oxygen atoms in total. The molecule has 0 saturated carbocycles. The van der Waals surface area contributed by atoms with E-state index in [-0.39, 0.29) is 12.7 Å². The third kappa shape index (κ3) is 3.97. The van der Waals surface area contributed by atoms with E-state index < -0.39 is 0 Å². The Labute approximate surface area is 170 Å². The topological polar surface area (TPSA) is 56.6 Å². The van der Waals surface area contributed by atoms with Crippen LogP contribution in [0, 0.1) is 0 Å². The monoisotopic (exact) mass is 391 g/mol. The van der Waals surface area contributed by atoms with Crippen molar-refractivity contribution in [2.45, 2.75) is 33.4 Å². The van der Waals surface area contributed by atoms with Crippen LogP contribution in [-0.4, -0.2) is 33.9 Å². The SMILES string of the molecule is CCc1c(C(=O)N(CC)Cc2ccc3c(c2)OCO3)cnn1Cc1ccccc1. The first kappa shape index (κ1) is 19.1. The fourth-order valence-corrected chi connectivity index (χ4v) is 3.61. The van der Waals surface area contributed by atoms with Crippen LogP contribution in [0.5, 0.6) is 11.5 Å². The molecule has 6 heteroatoms. The molecule has 0 N–H and O–H groups in total. The number of carbonyl (C=O) groups is 1. The van der Waals surface area contributed by atoms with E-state index >= 15 is 0 Å². The zero-order valence-electron chi connectivity index (χ0n) is 16.8. The maximum atomic E-state index is 13.3. The van der Waals surface area contributed by atoms with Gasteiger partial charge in [-0.1, -0.05) is 43.3 Å². The van der Waals surface area contributed by atoms with Crippen LogP contribution in [0.2, 0.25) is 0 Å². The molecule has 2 aromatic carbocycles. The van der Waals surface area contributed by atoms with Gasteiger partial charge in [0, 0.05) is 13.1 Å². The van der Waals surface area contributed by atoms with Crippen molar-refractivity contribution in [3.8, 4) is 11.5 Å². The maximum Gasteiger partial charge on any atom is 0.257 e. The van der Waals surface area contributed by atoms with E-state index in [1.807, 2.05) is 52.9 Å². The molecule has 0 saturated heterocycles. The van der Waals surface area contributed by atoms with Gasteiger partial charge in [-0.2, -0.15) is 5.10 Å².